The summed E-state index contributed by atoms with van der Waals surface area (Å²) in [6, 6.07) is 9.12. The second-order valence-electron chi connectivity index (χ2n) is 5.94. The summed E-state index contributed by atoms with van der Waals surface area (Å²) in [4.78, 5) is 23.0. The van der Waals surface area contributed by atoms with E-state index in [2.05, 4.69) is 20.3 Å². The first-order chi connectivity index (χ1) is 13.0. The Morgan fingerprint density at radius 3 is 2.78 bits per heavy atom. The topological polar surface area (TPSA) is 90.9 Å². The van der Waals surface area contributed by atoms with Crippen molar-refractivity contribution in [1.29, 1.82) is 0 Å². The highest BCUT2D eigenvalue weighted by Gasteiger charge is 2.11. The second kappa shape index (κ2) is 8.28. The lowest BCUT2D eigenvalue weighted by atomic mass is 10.1. The molecular weight excluding hydrogens is 371 g/mol. The Bertz CT molecular complexity index is 992. The summed E-state index contributed by atoms with van der Waals surface area (Å²) in [6.07, 6.45) is 1.32. The lowest BCUT2D eigenvalue weighted by Crippen LogP contribution is -2.13. The first-order valence-electron chi connectivity index (χ1n) is 8.40. The predicted molar refractivity (Wildman–Crippen MR) is 102 cm³/mol. The largest absolute Gasteiger partial charge is 0.387 e. The van der Waals surface area contributed by atoms with Crippen molar-refractivity contribution >= 4 is 17.4 Å². The SMILES string of the molecule is CCc1cc(=O)[nH]c(-c2ccc(NCC(O)c3ccc(Cl)c(F)c3)nc2)n1. The molecule has 1 aromatic carbocycles. The number of aryl methyl sites for hydroxylation is 1. The highest BCUT2D eigenvalue weighted by molar-refractivity contribution is 6.30. The summed E-state index contributed by atoms with van der Waals surface area (Å²) in [7, 11) is 0. The molecule has 0 saturated heterocycles. The molecule has 27 heavy (non-hydrogen) atoms. The number of hydrogen-bond donors (Lipinski definition) is 3. The van der Waals surface area contributed by atoms with Gasteiger partial charge in [-0.3, -0.25) is 4.79 Å². The van der Waals surface area contributed by atoms with E-state index in [0.29, 0.717) is 34.9 Å². The van der Waals surface area contributed by atoms with Crippen molar-refractivity contribution < 1.29 is 9.50 Å². The van der Waals surface area contributed by atoms with Crippen LogP contribution in [0.25, 0.3) is 11.4 Å². The summed E-state index contributed by atoms with van der Waals surface area (Å²) in [5.74, 6) is 0.405. The van der Waals surface area contributed by atoms with Gasteiger partial charge in [-0.05, 0) is 36.2 Å². The predicted octanol–water partition coefficient (Wildman–Crippen LogP) is 3.33. The Hall–Kier alpha value is -2.77. The van der Waals surface area contributed by atoms with Crippen LogP contribution < -0.4 is 10.9 Å². The van der Waals surface area contributed by atoms with Crippen LogP contribution in [0.4, 0.5) is 10.2 Å². The molecule has 0 bridgehead atoms. The number of pyridine rings is 1. The molecule has 3 rings (SSSR count). The van der Waals surface area contributed by atoms with E-state index in [0.717, 1.165) is 0 Å². The molecular formula is C19H18ClFN4O2. The van der Waals surface area contributed by atoms with Crippen LogP contribution in [0.15, 0.2) is 47.4 Å². The molecule has 0 fully saturated rings. The zero-order valence-electron chi connectivity index (χ0n) is 14.5. The standard InChI is InChI=1S/C19H18ClFN4O2/c1-2-13-8-18(27)25-19(24-13)12-4-6-17(22-9-12)23-10-16(26)11-3-5-14(20)15(21)7-11/h3-9,16,26H,2,10H2,1H3,(H,22,23)(H,24,25,27). The molecule has 0 aliphatic carbocycles. The molecule has 8 heteroatoms. The molecule has 2 heterocycles. The number of aromatic amines is 1. The van der Waals surface area contributed by atoms with Crippen LogP contribution in [0, 0.1) is 5.82 Å². The van der Waals surface area contributed by atoms with Gasteiger partial charge in [-0.15, -0.1) is 0 Å². The van der Waals surface area contributed by atoms with Crippen LogP contribution in [0.3, 0.4) is 0 Å². The maximum atomic E-state index is 13.5. The molecule has 0 radical (unpaired) electrons. The van der Waals surface area contributed by atoms with Gasteiger partial charge in [0.05, 0.1) is 11.1 Å². The van der Waals surface area contributed by atoms with Gasteiger partial charge < -0.3 is 15.4 Å². The van der Waals surface area contributed by atoms with Gasteiger partial charge in [0.25, 0.3) is 5.56 Å². The van der Waals surface area contributed by atoms with Gasteiger partial charge in [-0.2, -0.15) is 0 Å². The smallest absolute Gasteiger partial charge is 0.251 e. The molecule has 2 aromatic heterocycles. The molecule has 0 spiro atoms. The van der Waals surface area contributed by atoms with Gasteiger partial charge in [0.1, 0.15) is 17.5 Å². The number of nitrogens with one attached hydrogen (secondary N) is 2. The summed E-state index contributed by atoms with van der Waals surface area (Å²) in [6.45, 7) is 2.07. The molecule has 0 aliphatic heterocycles. The van der Waals surface area contributed by atoms with Crippen molar-refractivity contribution in [1.82, 2.24) is 15.0 Å². The first-order valence-corrected chi connectivity index (χ1v) is 8.77. The fourth-order valence-electron chi connectivity index (χ4n) is 2.50. The number of hydrogen-bond acceptors (Lipinski definition) is 5. The number of rotatable bonds is 6. The average molecular weight is 389 g/mol. The van der Waals surface area contributed by atoms with Crippen LogP contribution in [0.2, 0.25) is 5.02 Å². The van der Waals surface area contributed by atoms with Gasteiger partial charge in [0, 0.05) is 30.1 Å². The molecule has 140 valence electrons. The number of benzene rings is 1. The Morgan fingerprint density at radius 2 is 2.11 bits per heavy atom. The number of aliphatic hydroxyl groups excluding tert-OH is 1. The second-order valence-corrected chi connectivity index (χ2v) is 6.35. The summed E-state index contributed by atoms with van der Waals surface area (Å²) in [5, 5.41) is 13.2. The van der Waals surface area contributed by atoms with Gasteiger partial charge >= 0.3 is 0 Å². The van der Waals surface area contributed by atoms with Crippen molar-refractivity contribution in [3.05, 3.63) is 75.0 Å². The third-order valence-corrected chi connectivity index (χ3v) is 4.31. The summed E-state index contributed by atoms with van der Waals surface area (Å²) in [5.41, 5.74) is 1.58. The number of aromatic nitrogens is 3. The Kier molecular flexibility index (Phi) is 5.83. The molecule has 6 nitrogen and oxygen atoms in total. The molecule has 0 saturated carbocycles. The third-order valence-electron chi connectivity index (χ3n) is 4.00. The van der Waals surface area contributed by atoms with Crippen molar-refractivity contribution in [2.75, 3.05) is 11.9 Å². The van der Waals surface area contributed by atoms with Crippen molar-refractivity contribution in [3.8, 4) is 11.4 Å². The van der Waals surface area contributed by atoms with Crippen molar-refractivity contribution in [3.63, 3.8) is 0 Å². The molecule has 0 amide bonds. The average Bonchev–Trinajstić information content (AvgIpc) is 2.68. The van der Waals surface area contributed by atoms with Crippen molar-refractivity contribution in [2.45, 2.75) is 19.4 Å². The van der Waals surface area contributed by atoms with E-state index in [1.807, 2.05) is 6.92 Å². The van der Waals surface area contributed by atoms with E-state index >= 15 is 0 Å². The minimum Gasteiger partial charge on any atom is -0.387 e. The van der Waals surface area contributed by atoms with E-state index in [4.69, 9.17) is 11.6 Å². The first kappa shape index (κ1) is 19.0. The number of H-pyrrole nitrogens is 1. The number of nitrogens with zero attached hydrogens (tertiary/aromatic N) is 2. The van der Waals surface area contributed by atoms with Crippen LogP contribution in [-0.2, 0) is 6.42 Å². The normalized spacial score (nSPS) is 12.0. The summed E-state index contributed by atoms with van der Waals surface area (Å²) >= 11 is 5.64. The minimum atomic E-state index is -0.919. The number of aliphatic hydroxyl groups is 1. The van der Waals surface area contributed by atoms with Crippen LogP contribution >= 0.6 is 11.6 Å². The highest BCUT2D eigenvalue weighted by Crippen LogP contribution is 2.21. The lowest BCUT2D eigenvalue weighted by molar-refractivity contribution is 0.191. The molecule has 0 aliphatic rings. The lowest BCUT2D eigenvalue weighted by Gasteiger charge is -2.13. The number of anilines is 1. The van der Waals surface area contributed by atoms with Crippen LogP contribution in [-0.4, -0.2) is 26.6 Å². The van der Waals surface area contributed by atoms with Gasteiger partial charge in [-0.25, -0.2) is 14.4 Å². The minimum absolute atomic E-state index is 0.00922. The maximum Gasteiger partial charge on any atom is 0.251 e. The van der Waals surface area contributed by atoms with E-state index in [9.17, 15) is 14.3 Å². The third kappa shape index (κ3) is 4.69. The van der Waals surface area contributed by atoms with Gasteiger partial charge in [0.15, 0.2) is 0 Å². The Balaban J connectivity index is 1.68. The Labute approximate surface area is 160 Å². The van der Waals surface area contributed by atoms with Gasteiger partial charge in [0.2, 0.25) is 0 Å². The Morgan fingerprint density at radius 1 is 1.30 bits per heavy atom. The molecule has 3 N–H and O–H groups in total. The fourth-order valence-corrected chi connectivity index (χ4v) is 2.62. The maximum absolute atomic E-state index is 13.5. The zero-order chi connectivity index (χ0) is 19.4. The van der Waals surface area contributed by atoms with Crippen LogP contribution in [0.5, 0.6) is 0 Å². The highest BCUT2D eigenvalue weighted by atomic mass is 35.5. The van der Waals surface area contributed by atoms with E-state index in [1.54, 1.807) is 24.4 Å². The zero-order valence-corrected chi connectivity index (χ0v) is 15.3. The molecule has 1 atom stereocenters. The number of halogens is 2. The van der Waals surface area contributed by atoms with Gasteiger partial charge in [-0.1, -0.05) is 24.6 Å². The quantitative estimate of drug-likeness (QED) is 0.602. The van der Waals surface area contributed by atoms with E-state index in [-0.39, 0.29) is 17.1 Å². The van der Waals surface area contributed by atoms with E-state index < -0.39 is 11.9 Å². The molecule has 1 unspecified atom stereocenters. The fraction of sp³-hybridized carbons (Fsp3) is 0.211. The van der Waals surface area contributed by atoms with Crippen molar-refractivity contribution in [2.24, 2.45) is 0 Å². The molecule has 3 aromatic rings. The van der Waals surface area contributed by atoms with Crippen LogP contribution in [0.1, 0.15) is 24.3 Å². The monoisotopic (exact) mass is 388 g/mol. The summed E-state index contributed by atoms with van der Waals surface area (Å²) < 4.78 is 13.5. The van der Waals surface area contributed by atoms with E-state index in [1.165, 1.54) is 18.2 Å².